The fourth-order valence-electron chi connectivity index (χ4n) is 1.58. The summed E-state index contributed by atoms with van der Waals surface area (Å²) in [7, 11) is 0. The van der Waals surface area contributed by atoms with Crippen molar-refractivity contribution in [2.45, 2.75) is 26.3 Å². The second kappa shape index (κ2) is 6.33. The molecule has 0 saturated carbocycles. The van der Waals surface area contributed by atoms with Crippen LogP contribution in [0.5, 0.6) is 5.75 Å². The molecule has 92 valence electrons. The summed E-state index contributed by atoms with van der Waals surface area (Å²) < 4.78 is 0.808. The van der Waals surface area contributed by atoms with Crippen molar-refractivity contribution in [2.24, 2.45) is 11.7 Å². The van der Waals surface area contributed by atoms with Crippen LogP contribution in [0.3, 0.4) is 0 Å². The molecule has 0 unspecified atom stereocenters. The quantitative estimate of drug-likeness (QED) is 0.593. The summed E-state index contributed by atoms with van der Waals surface area (Å²) in [6.45, 7) is 4.19. The van der Waals surface area contributed by atoms with Crippen LogP contribution in [-0.2, 0) is 0 Å². The summed E-state index contributed by atoms with van der Waals surface area (Å²) in [5.74, 6) is 0.574. The molecule has 5 heteroatoms. The molecule has 0 aliphatic heterocycles. The Morgan fingerprint density at radius 1 is 1.38 bits per heavy atom. The van der Waals surface area contributed by atoms with Gasteiger partial charge in [-0.05, 0) is 24.5 Å². The minimum atomic E-state index is -0.192. The van der Waals surface area contributed by atoms with Crippen molar-refractivity contribution >= 4 is 34.0 Å². The van der Waals surface area contributed by atoms with E-state index in [0.29, 0.717) is 17.2 Å². The Morgan fingerprint density at radius 3 is 2.44 bits per heavy atom. The molecule has 3 nitrogen and oxygen atoms in total. The summed E-state index contributed by atoms with van der Waals surface area (Å²) in [6, 6.07) is 3.28. The molecule has 1 rings (SSSR count). The minimum absolute atomic E-state index is 0. The zero-order valence-corrected chi connectivity index (χ0v) is 11.8. The van der Waals surface area contributed by atoms with Crippen LogP contribution >= 0.6 is 28.3 Å². The molecule has 0 fully saturated rings. The number of hydrogen-bond donors (Lipinski definition) is 3. The topological polar surface area (TPSA) is 72.3 Å². The Balaban J connectivity index is 0.00000225. The van der Waals surface area contributed by atoms with E-state index in [0.717, 1.165) is 10.9 Å². The normalized spacial score (nSPS) is 12.3. The molecule has 0 radical (unpaired) electrons. The number of rotatable bonds is 3. The molecule has 0 aliphatic carbocycles. The number of halogens is 2. The number of nitrogens with two attached hydrogens (primary N) is 2. The van der Waals surface area contributed by atoms with Crippen LogP contribution in [0, 0.1) is 5.92 Å². The first-order valence-electron chi connectivity index (χ1n) is 4.96. The summed E-state index contributed by atoms with van der Waals surface area (Å²) in [4.78, 5) is 0. The summed E-state index contributed by atoms with van der Waals surface area (Å²) in [5.41, 5.74) is 12.7. The summed E-state index contributed by atoms with van der Waals surface area (Å²) >= 11 is 3.38. The highest BCUT2D eigenvalue weighted by Gasteiger charge is 2.17. The second-order valence-electron chi connectivity index (χ2n) is 4.13. The maximum absolute atomic E-state index is 9.83. The van der Waals surface area contributed by atoms with Crippen LogP contribution in [-0.4, -0.2) is 5.11 Å². The van der Waals surface area contributed by atoms with Crippen LogP contribution in [0.4, 0.5) is 5.69 Å². The molecule has 0 spiro atoms. The van der Waals surface area contributed by atoms with Gasteiger partial charge in [0.25, 0.3) is 0 Å². The van der Waals surface area contributed by atoms with Crippen molar-refractivity contribution in [2.75, 3.05) is 5.73 Å². The second-order valence-corrected chi connectivity index (χ2v) is 4.99. The molecule has 0 amide bonds. The van der Waals surface area contributed by atoms with Gasteiger partial charge in [-0.2, -0.15) is 0 Å². The predicted molar refractivity (Wildman–Crippen MR) is 73.9 cm³/mol. The molecular formula is C11H18BrClN2O. The smallest absolute Gasteiger partial charge is 0.144 e. The lowest BCUT2D eigenvalue weighted by molar-refractivity contribution is 0.446. The van der Waals surface area contributed by atoms with E-state index in [4.69, 9.17) is 11.5 Å². The SMILES string of the molecule is CC(C)C[C@@H](N)c1c(Br)ccc(N)c1O.Cl. The Kier molecular flexibility index (Phi) is 6.15. The third-order valence-corrected chi connectivity index (χ3v) is 2.98. The largest absolute Gasteiger partial charge is 0.505 e. The minimum Gasteiger partial charge on any atom is -0.505 e. The zero-order chi connectivity index (χ0) is 11.6. The number of aromatic hydroxyl groups is 1. The Labute approximate surface area is 111 Å². The number of phenolic OH excluding ortho intramolecular Hbond substituents is 1. The zero-order valence-electron chi connectivity index (χ0n) is 9.40. The highest BCUT2D eigenvalue weighted by Crippen LogP contribution is 2.37. The van der Waals surface area contributed by atoms with Gasteiger partial charge in [-0.3, -0.25) is 0 Å². The van der Waals surface area contributed by atoms with E-state index in [1.54, 1.807) is 6.07 Å². The molecule has 0 aliphatic rings. The van der Waals surface area contributed by atoms with Gasteiger partial charge in [-0.15, -0.1) is 12.4 Å². The van der Waals surface area contributed by atoms with Crippen LogP contribution in [0.1, 0.15) is 31.9 Å². The average molecular weight is 310 g/mol. The van der Waals surface area contributed by atoms with Crippen molar-refractivity contribution in [3.63, 3.8) is 0 Å². The van der Waals surface area contributed by atoms with E-state index >= 15 is 0 Å². The molecule has 0 aromatic heterocycles. The number of hydrogen-bond acceptors (Lipinski definition) is 3. The first kappa shape index (κ1) is 15.6. The van der Waals surface area contributed by atoms with E-state index in [2.05, 4.69) is 29.8 Å². The van der Waals surface area contributed by atoms with Gasteiger partial charge in [-0.25, -0.2) is 0 Å². The third kappa shape index (κ3) is 3.54. The lowest BCUT2D eigenvalue weighted by Crippen LogP contribution is -2.14. The Morgan fingerprint density at radius 2 is 1.94 bits per heavy atom. The maximum atomic E-state index is 9.83. The molecular weight excluding hydrogens is 291 g/mol. The standard InChI is InChI=1S/C11H17BrN2O.ClH/c1-6(2)5-9(14)10-7(12)3-4-8(13)11(10)15;/h3-4,6,9,15H,5,13-14H2,1-2H3;1H/t9-;/m1./s1. The first-order chi connectivity index (χ1) is 6.93. The van der Waals surface area contributed by atoms with Crippen LogP contribution < -0.4 is 11.5 Å². The van der Waals surface area contributed by atoms with Crippen LogP contribution in [0.25, 0.3) is 0 Å². The molecule has 5 N–H and O–H groups in total. The summed E-state index contributed by atoms with van der Waals surface area (Å²) in [5, 5.41) is 9.83. The monoisotopic (exact) mass is 308 g/mol. The average Bonchev–Trinajstić information content (AvgIpc) is 2.11. The van der Waals surface area contributed by atoms with Crippen molar-refractivity contribution in [1.82, 2.24) is 0 Å². The Bertz CT molecular complexity index is 358. The fraction of sp³-hybridized carbons (Fsp3) is 0.455. The van der Waals surface area contributed by atoms with E-state index in [-0.39, 0.29) is 24.2 Å². The van der Waals surface area contributed by atoms with Crippen molar-refractivity contribution in [3.05, 3.63) is 22.2 Å². The number of phenols is 1. The molecule has 1 atom stereocenters. The van der Waals surface area contributed by atoms with E-state index in [1.807, 2.05) is 6.07 Å². The highest BCUT2D eigenvalue weighted by atomic mass is 79.9. The number of benzene rings is 1. The van der Waals surface area contributed by atoms with E-state index in [1.165, 1.54) is 0 Å². The highest BCUT2D eigenvalue weighted by molar-refractivity contribution is 9.10. The van der Waals surface area contributed by atoms with Gasteiger partial charge < -0.3 is 16.6 Å². The van der Waals surface area contributed by atoms with E-state index in [9.17, 15) is 5.11 Å². The molecule has 1 aromatic carbocycles. The van der Waals surface area contributed by atoms with Crippen LogP contribution in [0.15, 0.2) is 16.6 Å². The Hall–Kier alpha value is -0.450. The van der Waals surface area contributed by atoms with Gasteiger partial charge in [0.15, 0.2) is 0 Å². The molecule has 16 heavy (non-hydrogen) atoms. The molecule has 0 bridgehead atoms. The molecule has 0 saturated heterocycles. The van der Waals surface area contributed by atoms with Crippen molar-refractivity contribution in [1.29, 1.82) is 0 Å². The molecule has 1 aromatic rings. The summed E-state index contributed by atoms with van der Waals surface area (Å²) in [6.07, 6.45) is 0.815. The lowest BCUT2D eigenvalue weighted by Gasteiger charge is -2.18. The van der Waals surface area contributed by atoms with Crippen molar-refractivity contribution < 1.29 is 5.11 Å². The van der Waals surface area contributed by atoms with Gasteiger partial charge >= 0.3 is 0 Å². The van der Waals surface area contributed by atoms with Gasteiger partial charge in [0.1, 0.15) is 5.75 Å². The third-order valence-electron chi connectivity index (χ3n) is 2.29. The lowest BCUT2D eigenvalue weighted by atomic mass is 9.97. The number of nitrogen functional groups attached to an aromatic ring is 1. The van der Waals surface area contributed by atoms with Gasteiger partial charge in [0, 0.05) is 16.1 Å². The maximum Gasteiger partial charge on any atom is 0.144 e. The predicted octanol–water partition coefficient (Wildman–Crippen LogP) is 3.20. The van der Waals surface area contributed by atoms with Gasteiger partial charge in [0.2, 0.25) is 0 Å². The van der Waals surface area contributed by atoms with Gasteiger partial charge in [-0.1, -0.05) is 29.8 Å². The van der Waals surface area contributed by atoms with Crippen LogP contribution in [0.2, 0.25) is 0 Å². The van der Waals surface area contributed by atoms with E-state index < -0.39 is 0 Å². The first-order valence-corrected chi connectivity index (χ1v) is 5.75. The van der Waals surface area contributed by atoms with Crippen molar-refractivity contribution in [3.8, 4) is 5.75 Å². The number of anilines is 1. The fourth-order valence-corrected chi connectivity index (χ4v) is 2.19. The molecule has 0 heterocycles. The van der Waals surface area contributed by atoms with Gasteiger partial charge in [0.05, 0.1) is 5.69 Å².